The van der Waals surface area contributed by atoms with E-state index < -0.39 is 0 Å². The zero-order valence-electron chi connectivity index (χ0n) is 8.68. The van der Waals surface area contributed by atoms with E-state index in [1.54, 1.807) is 0 Å². The molecule has 0 N–H and O–H groups in total. The van der Waals surface area contributed by atoms with Gasteiger partial charge in [0, 0.05) is 5.92 Å². The first kappa shape index (κ1) is 11.9. The molecular weight excluding hydrogens is 195 g/mol. The molecule has 1 saturated carbocycles. The summed E-state index contributed by atoms with van der Waals surface area (Å²) >= 11 is 1.90. The quantitative estimate of drug-likeness (QED) is 0.498. The molecule has 1 aliphatic carbocycles. The molecule has 0 heterocycles. The molecule has 0 aliphatic heterocycles. The highest BCUT2D eigenvalue weighted by Gasteiger charge is 2.19. The van der Waals surface area contributed by atoms with E-state index in [4.69, 9.17) is 6.42 Å². The number of terminal acetylenes is 1. The summed E-state index contributed by atoms with van der Waals surface area (Å²) < 4.78 is 11.8. The molecule has 80 valence electrons. The smallest absolute Gasteiger partial charge is 0.0902 e. The monoisotopic (exact) mass is 214 g/mol. The van der Waals surface area contributed by atoms with Crippen molar-refractivity contribution in [1.29, 1.82) is 0 Å². The number of rotatable bonds is 5. The summed E-state index contributed by atoms with van der Waals surface area (Å²) in [5.41, 5.74) is 0. The Morgan fingerprint density at radius 3 is 2.57 bits per heavy atom. The summed E-state index contributed by atoms with van der Waals surface area (Å²) in [6, 6.07) is 0. The van der Waals surface area contributed by atoms with Gasteiger partial charge in [0.15, 0.2) is 0 Å². The number of hydrogen-bond acceptors (Lipinski definition) is 1. The number of alkyl halides is 1. The first-order valence-corrected chi connectivity index (χ1v) is 6.62. The van der Waals surface area contributed by atoms with Crippen LogP contribution in [-0.4, -0.2) is 18.2 Å². The average molecular weight is 214 g/mol. The van der Waals surface area contributed by atoms with Crippen molar-refractivity contribution in [2.24, 2.45) is 11.8 Å². The van der Waals surface area contributed by atoms with Crippen molar-refractivity contribution in [2.75, 3.05) is 18.2 Å². The lowest BCUT2D eigenvalue weighted by Crippen LogP contribution is -2.15. The van der Waals surface area contributed by atoms with Crippen LogP contribution >= 0.6 is 11.8 Å². The summed E-state index contributed by atoms with van der Waals surface area (Å²) in [5.74, 6) is 6.39. The molecule has 14 heavy (non-hydrogen) atoms. The van der Waals surface area contributed by atoms with Crippen LogP contribution in [0.4, 0.5) is 4.39 Å². The fourth-order valence-electron chi connectivity index (χ4n) is 1.90. The molecular formula is C12H19FS. The van der Waals surface area contributed by atoms with Gasteiger partial charge in [-0.15, -0.1) is 12.3 Å². The minimum absolute atomic E-state index is 0.170. The highest BCUT2D eigenvalue weighted by Crippen LogP contribution is 2.30. The van der Waals surface area contributed by atoms with Gasteiger partial charge in [0.05, 0.1) is 6.67 Å². The number of thioether (sulfide) groups is 1. The van der Waals surface area contributed by atoms with Crippen LogP contribution in [0.15, 0.2) is 0 Å². The predicted octanol–water partition coefficient (Wildman–Crippen LogP) is 3.52. The molecule has 0 saturated heterocycles. The van der Waals surface area contributed by atoms with Gasteiger partial charge in [0.2, 0.25) is 0 Å². The average Bonchev–Trinajstić information content (AvgIpc) is 2.25. The van der Waals surface area contributed by atoms with E-state index >= 15 is 0 Å². The minimum atomic E-state index is -0.170. The third-order valence-corrected chi connectivity index (χ3v) is 4.14. The van der Waals surface area contributed by atoms with Crippen LogP contribution in [0.3, 0.4) is 0 Å². The lowest BCUT2D eigenvalue weighted by molar-refractivity contribution is 0.342. The van der Waals surface area contributed by atoms with E-state index in [0.717, 1.165) is 11.7 Å². The van der Waals surface area contributed by atoms with Crippen molar-refractivity contribution in [3.63, 3.8) is 0 Å². The van der Waals surface area contributed by atoms with Gasteiger partial charge in [-0.25, -0.2) is 0 Å². The van der Waals surface area contributed by atoms with Gasteiger partial charge in [0.1, 0.15) is 0 Å². The maximum Gasteiger partial charge on any atom is 0.0902 e. The van der Waals surface area contributed by atoms with Gasteiger partial charge >= 0.3 is 0 Å². The van der Waals surface area contributed by atoms with Gasteiger partial charge in [-0.1, -0.05) is 0 Å². The maximum atomic E-state index is 11.8. The highest BCUT2D eigenvalue weighted by molar-refractivity contribution is 7.99. The molecule has 0 atom stereocenters. The standard InChI is InChI=1S/C12H19FS/c1-2-11-4-6-12(7-5-11)10-14-9-3-8-13/h1,11-12H,3-10H2. The van der Waals surface area contributed by atoms with E-state index in [1.807, 2.05) is 11.8 Å². The van der Waals surface area contributed by atoms with Crippen LogP contribution in [0.5, 0.6) is 0 Å². The summed E-state index contributed by atoms with van der Waals surface area (Å²) in [5, 5.41) is 0. The van der Waals surface area contributed by atoms with Gasteiger partial charge < -0.3 is 0 Å². The van der Waals surface area contributed by atoms with Crippen molar-refractivity contribution in [1.82, 2.24) is 0 Å². The Morgan fingerprint density at radius 2 is 2.00 bits per heavy atom. The first-order valence-electron chi connectivity index (χ1n) is 5.46. The van der Waals surface area contributed by atoms with E-state index in [-0.39, 0.29) is 6.67 Å². The molecule has 1 fully saturated rings. The van der Waals surface area contributed by atoms with Crippen molar-refractivity contribution in [3.8, 4) is 12.3 Å². The maximum absolute atomic E-state index is 11.8. The summed E-state index contributed by atoms with van der Waals surface area (Å²) in [6.45, 7) is -0.170. The summed E-state index contributed by atoms with van der Waals surface area (Å²) in [6.07, 6.45) is 11.1. The number of halogens is 1. The SMILES string of the molecule is C#CC1CCC(CSCCCF)CC1. The molecule has 0 radical (unpaired) electrons. The predicted molar refractivity (Wildman–Crippen MR) is 62.2 cm³/mol. The Balaban J connectivity index is 2.02. The Hall–Kier alpha value is -0.160. The number of hydrogen-bond donors (Lipinski definition) is 0. The zero-order chi connectivity index (χ0) is 10.2. The fraction of sp³-hybridized carbons (Fsp3) is 0.833. The molecule has 1 rings (SSSR count). The minimum Gasteiger partial charge on any atom is -0.251 e. The Kier molecular flexibility index (Phi) is 6.10. The molecule has 0 spiro atoms. The van der Waals surface area contributed by atoms with Crippen molar-refractivity contribution < 1.29 is 4.39 Å². The summed E-state index contributed by atoms with van der Waals surface area (Å²) in [4.78, 5) is 0. The lowest BCUT2D eigenvalue weighted by Gasteiger charge is -2.25. The lowest BCUT2D eigenvalue weighted by atomic mass is 9.83. The molecule has 1 aliphatic rings. The second-order valence-corrected chi connectivity index (χ2v) is 5.15. The second kappa shape index (κ2) is 7.17. The van der Waals surface area contributed by atoms with E-state index in [2.05, 4.69) is 5.92 Å². The Bertz CT molecular complexity index is 177. The Labute approximate surface area is 91.0 Å². The van der Waals surface area contributed by atoms with Gasteiger partial charge in [0.25, 0.3) is 0 Å². The fourth-order valence-corrected chi connectivity index (χ4v) is 3.05. The molecule has 0 nitrogen and oxygen atoms in total. The first-order chi connectivity index (χ1) is 6.86. The van der Waals surface area contributed by atoms with Crippen LogP contribution in [0.25, 0.3) is 0 Å². The van der Waals surface area contributed by atoms with Crippen molar-refractivity contribution >= 4 is 11.8 Å². The van der Waals surface area contributed by atoms with Crippen LogP contribution in [0.1, 0.15) is 32.1 Å². The molecule has 2 heteroatoms. The van der Waals surface area contributed by atoms with E-state index in [0.29, 0.717) is 12.3 Å². The second-order valence-electron chi connectivity index (χ2n) is 4.00. The van der Waals surface area contributed by atoms with Crippen LogP contribution in [0, 0.1) is 24.2 Å². The molecule has 0 aromatic heterocycles. The zero-order valence-corrected chi connectivity index (χ0v) is 9.49. The molecule has 0 aromatic rings. The van der Waals surface area contributed by atoms with Gasteiger partial charge in [-0.3, -0.25) is 4.39 Å². The van der Waals surface area contributed by atoms with Gasteiger partial charge in [-0.05, 0) is 49.5 Å². The molecule has 0 unspecified atom stereocenters. The van der Waals surface area contributed by atoms with Crippen molar-refractivity contribution in [3.05, 3.63) is 0 Å². The molecule has 0 bridgehead atoms. The van der Waals surface area contributed by atoms with Crippen LogP contribution < -0.4 is 0 Å². The molecule has 0 amide bonds. The van der Waals surface area contributed by atoms with Crippen molar-refractivity contribution in [2.45, 2.75) is 32.1 Å². The largest absolute Gasteiger partial charge is 0.251 e. The van der Waals surface area contributed by atoms with Crippen LogP contribution in [-0.2, 0) is 0 Å². The molecule has 0 aromatic carbocycles. The van der Waals surface area contributed by atoms with Gasteiger partial charge in [-0.2, -0.15) is 11.8 Å². The normalized spacial score (nSPS) is 27.1. The Morgan fingerprint density at radius 1 is 1.29 bits per heavy atom. The van der Waals surface area contributed by atoms with Crippen LogP contribution in [0.2, 0.25) is 0 Å². The third-order valence-electron chi connectivity index (χ3n) is 2.86. The highest BCUT2D eigenvalue weighted by atomic mass is 32.2. The summed E-state index contributed by atoms with van der Waals surface area (Å²) in [7, 11) is 0. The van der Waals surface area contributed by atoms with E-state index in [1.165, 1.54) is 31.4 Å². The topological polar surface area (TPSA) is 0 Å². The third kappa shape index (κ3) is 4.37. The van der Waals surface area contributed by atoms with E-state index in [9.17, 15) is 4.39 Å².